The summed E-state index contributed by atoms with van der Waals surface area (Å²) in [5.74, 6) is -0.512. The van der Waals surface area contributed by atoms with Crippen molar-refractivity contribution >= 4 is 21.6 Å². The van der Waals surface area contributed by atoms with Gasteiger partial charge in [-0.25, -0.2) is 8.42 Å². The molecule has 4 N–H and O–H groups in total. The molecule has 0 aliphatic rings. The first-order valence-electron chi connectivity index (χ1n) is 3.39. The molecule has 0 bridgehead atoms. The first kappa shape index (κ1) is 10.2. The summed E-state index contributed by atoms with van der Waals surface area (Å²) in [7, 11) is -3.62. The number of anilines is 2. The maximum atomic E-state index is 11.2. The Morgan fingerprint density at radius 1 is 1.36 bits per heavy atom. The molecule has 0 aliphatic heterocycles. The molecule has 14 heavy (non-hydrogen) atoms. The van der Waals surface area contributed by atoms with Gasteiger partial charge in [-0.2, -0.15) is 15.2 Å². The second-order valence-electron chi connectivity index (χ2n) is 2.53. The topological polar surface area (TPSA) is 136 Å². The van der Waals surface area contributed by atoms with Crippen molar-refractivity contribution < 1.29 is 8.42 Å². The van der Waals surface area contributed by atoms with Crippen LogP contribution in [0.2, 0.25) is 0 Å². The van der Waals surface area contributed by atoms with E-state index in [1.54, 1.807) is 6.07 Å². The highest BCUT2D eigenvalue weighted by Gasteiger charge is 2.19. The van der Waals surface area contributed by atoms with Gasteiger partial charge in [-0.1, -0.05) is 0 Å². The third-order valence-corrected chi connectivity index (χ3v) is 2.38. The summed E-state index contributed by atoms with van der Waals surface area (Å²) in [4.78, 5) is 6.93. The van der Waals surface area contributed by atoms with Crippen LogP contribution >= 0.6 is 0 Å². The zero-order valence-corrected chi connectivity index (χ0v) is 8.04. The first-order chi connectivity index (χ1) is 6.36. The molecular formula is C6H7N5O2S. The molecule has 0 radical (unpaired) electrons. The van der Waals surface area contributed by atoms with Crippen LogP contribution in [0.25, 0.3) is 0 Å². The average molecular weight is 213 g/mol. The van der Waals surface area contributed by atoms with Crippen molar-refractivity contribution in [1.82, 2.24) is 9.97 Å². The van der Waals surface area contributed by atoms with Gasteiger partial charge in [0, 0.05) is 6.26 Å². The quantitative estimate of drug-likeness (QED) is 0.566. The number of rotatable bonds is 1. The number of hydrogen-bond donors (Lipinski definition) is 2. The van der Waals surface area contributed by atoms with Crippen LogP contribution in [-0.2, 0) is 9.84 Å². The van der Waals surface area contributed by atoms with E-state index in [1.165, 1.54) is 0 Å². The Kier molecular flexibility index (Phi) is 2.27. The van der Waals surface area contributed by atoms with E-state index >= 15 is 0 Å². The molecule has 0 aliphatic carbocycles. The molecule has 0 saturated heterocycles. The van der Waals surface area contributed by atoms with Crippen molar-refractivity contribution in [2.45, 2.75) is 5.03 Å². The number of nitrogens with two attached hydrogens (primary N) is 2. The molecule has 0 saturated carbocycles. The van der Waals surface area contributed by atoms with Crippen LogP contribution in [0.15, 0.2) is 5.03 Å². The SMILES string of the molecule is CS(=O)(=O)c1nc(N)nc(N)c1C#N. The van der Waals surface area contributed by atoms with E-state index < -0.39 is 14.9 Å². The first-order valence-corrected chi connectivity index (χ1v) is 5.28. The van der Waals surface area contributed by atoms with Crippen LogP contribution in [0.4, 0.5) is 11.8 Å². The van der Waals surface area contributed by atoms with E-state index in [9.17, 15) is 8.42 Å². The summed E-state index contributed by atoms with van der Waals surface area (Å²) >= 11 is 0. The zero-order valence-electron chi connectivity index (χ0n) is 7.22. The summed E-state index contributed by atoms with van der Waals surface area (Å²) in [6, 6.07) is 1.61. The molecule has 0 aromatic carbocycles. The number of nitrogens with zero attached hydrogens (tertiary/aromatic N) is 3. The maximum absolute atomic E-state index is 11.2. The number of nitriles is 1. The molecule has 0 spiro atoms. The zero-order chi connectivity index (χ0) is 10.9. The Hall–Kier alpha value is -1.88. The number of hydrogen-bond acceptors (Lipinski definition) is 7. The lowest BCUT2D eigenvalue weighted by Gasteiger charge is -2.03. The minimum Gasteiger partial charge on any atom is -0.382 e. The third-order valence-electron chi connectivity index (χ3n) is 1.38. The van der Waals surface area contributed by atoms with E-state index in [1.807, 2.05) is 0 Å². The fourth-order valence-corrected chi connectivity index (χ4v) is 1.63. The summed E-state index contributed by atoms with van der Waals surface area (Å²) in [6.07, 6.45) is 0.912. The molecule has 8 heteroatoms. The summed E-state index contributed by atoms with van der Waals surface area (Å²) in [6.45, 7) is 0. The number of sulfone groups is 1. The van der Waals surface area contributed by atoms with Crippen LogP contribution in [-0.4, -0.2) is 24.6 Å². The lowest BCUT2D eigenvalue weighted by molar-refractivity contribution is 0.597. The summed E-state index contributed by atoms with van der Waals surface area (Å²) in [5.41, 5.74) is 10.2. The van der Waals surface area contributed by atoms with Crippen molar-refractivity contribution in [3.8, 4) is 6.07 Å². The van der Waals surface area contributed by atoms with Gasteiger partial charge in [-0.05, 0) is 0 Å². The van der Waals surface area contributed by atoms with E-state index in [0.29, 0.717) is 0 Å². The third kappa shape index (κ3) is 1.72. The fourth-order valence-electron chi connectivity index (χ4n) is 0.847. The fraction of sp³-hybridized carbons (Fsp3) is 0.167. The van der Waals surface area contributed by atoms with Crippen LogP contribution in [0.3, 0.4) is 0 Å². The standard InChI is InChI=1S/C6H7N5O2S/c1-14(12,13)5-3(2-7)4(8)10-6(9)11-5/h1H3,(H4,8,9,10,11). The van der Waals surface area contributed by atoms with Gasteiger partial charge in [0.1, 0.15) is 17.5 Å². The molecule has 0 amide bonds. The van der Waals surface area contributed by atoms with Gasteiger partial charge in [-0.15, -0.1) is 0 Å². The van der Waals surface area contributed by atoms with Gasteiger partial charge >= 0.3 is 0 Å². The minimum atomic E-state index is -3.62. The minimum absolute atomic E-state index is 0.236. The van der Waals surface area contributed by atoms with Gasteiger partial charge < -0.3 is 11.5 Å². The predicted octanol–water partition coefficient (Wildman–Crippen LogP) is -1.08. The van der Waals surface area contributed by atoms with Crippen molar-refractivity contribution in [1.29, 1.82) is 5.26 Å². The largest absolute Gasteiger partial charge is 0.382 e. The summed E-state index contributed by atoms with van der Waals surface area (Å²) < 4.78 is 22.3. The monoisotopic (exact) mass is 213 g/mol. The van der Waals surface area contributed by atoms with E-state index in [4.69, 9.17) is 16.7 Å². The number of aromatic nitrogens is 2. The van der Waals surface area contributed by atoms with Gasteiger partial charge in [-0.3, -0.25) is 0 Å². The van der Waals surface area contributed by atoms with Gasteiger partial charge in [0.15, 0.2) is 14.9 Å². The molecule has 1 aromatic heterocycles. The highest BCUT2D eigenvalue weighted by Crippen LogP contribution is 2.17. The van der Waals surface area contributed by atoms with Crippen molar-refractivity contribution in [3.63, 3.8) is 0 Å². The van der Waals surface area contributed by atoms with Crippen LogP contribution in [0.5, 0.6) is 0 Å². The van der Waals surface area contributed by atoms with Crippen LogP contribution in [0, 0.1) is 11.3 Å². The molecule has 0 atom stereocenters. The Morgan fingerprint density at radius 2 is 1.93 bits per heavy atom. The Bertz CT molecular complexity index is 516. The lowest BCUT2D eigenvalue weighted by atomic mass is 10.3. The maximum Gasteiger partial charge on any atom is 0.223 e. The van der Waals surface area contributed by atoms with Crippen molar-refractivity contribution in [3.05, 3.63) is 5.56 Å². The Morgan fingerprint density at radius 3 is 2.36 bits per heavy atom. The lowest BCUT2D eigenvalue weighted by Crippen LogP contribution is -2.11. The molecule has 1 rings (SSSR count). The molecule has 7 nitrogen and oxygen atoms in total. The van der Waals surface area contributed by atoms with Gasteiger partial charge in [0.05, 0.1) is 0 Å². The van der Waals surface area contributed by atoms with Gasteiger partial charge in [0.2, 0.25) is 5.95 Å². The Labute approximate surface area is 80.3 Å². The molecule has 74 valence electrons. The predicted molar refractivity (Wildman–Crippen MR) is 48.7 cm³/mol. The normalized spacial score (nSPS) is 10.9. The highest BCUT2D eigenvalue weighted by atomic mass is 32.2. The van der Waals surface area contributed by atoms with E-state index in [0.717, 1.165) is 6.26 Å². The van der Waals surface area contributed by atoms with Crippen LogP contribution in [0.1, 0.15) is 5.56 Å². The van der Waals surface area contributed by atoms with Crippen LogP contribution < -0.4 is 11.5 Å². The smallest absolute Gasteiger partial charge is 0.223 e. The summed E-state index contributed by atoms with van der Waals surface area (Å²) in [5, 5.41) is 8.20. The average Bonchev–Trinajstić information content (AvgIpc) is 2.01. The second kappa shape index (κ2) is 3.12. The van der Waals surface area contributed by atoms with Crippen molar-refractivity contribution in [2.75, 3.05) is 17.7 Å². The molecule has 1 aromatic rings. The van der Waals surface area contributed by atoms with Crippen molar-refractivity contribution in [2.24, 2.45) is 0 Å². The number of nitrogen functional groups attached to an aromatic ring is 2. The van der Waals surface area contributed by atoms with Gasteiger partial charge in [0.25, 0.3) is 0 Å². The second-order valence-corrected chi connectivity index (χ2v) is 4.46. The highest BCUT2D eigenvalue weighted by molar-refractivity contribution is 7.90. The molecule has 1 heterocycles. The van der Waals surface area contributed by atoms with E-state index in [2.05, 4.69) is 9.97 Å². The molecule has 0 unspecified atom stereocenters. The Balaban J connectivity index is 3.68. The molecule has 0 fully saturated rings. The van der Waals surface area contributed by atoms with E-state index in [-0.39, 0.29) is 17.3 Å². The molecular weight excluding hydrogens is 206 g/mol.